The Labute approximate surface area is 135 Å². The summed E-state index contributed by atoms with van der Waals surface area (Å²) in [4.78, 5) is 25.2. The lowest BCUT2D eigenvalue weighted by Gasteiger charge is -2.12. The molecule has 0 saturated heterocycles. The topological polar surface area (TPSA) is 74.6 Å². The lowest BCUT2D eigenvalue weighted by atomic mass is 10.2. The fourth-order valence-electron chi connectivity index (χ4n) is 2.04. The van der Waals surface area contributed by atoms with Crippen LogP contribution in [0.25, 0.3) is 0 Å². The molecule has 0 fully saturated rings. The predicted octanol–water partition coefficient (Wildman–Crippen LogP) is 2.27. The molecule has 1 atom stereocenters. The predicted molar refractivity (Wildman–Crippen MR) is 88.2 cm³/mol. The fraction of sp³-hybridized carbons (Fsp3) is 0.294. The molecule has 2 amide bonds. The van der Waals surface area contributed by atoms with E-state index in [4.69, 9.17) is 4.42 Å². The van der Waals surface area contributed by atoms with Gasteiger partial charge in [-0.1, -0.05) is 0 Å². The molecular formula is C17H21N3O3. The van der Waals surface area contributed by atoms with Crippen molar-refractivity contribution in [1.29, 1.82) is 0 Å². The van der Waals surface area contributed by atoms with Gasteiger partial charge in [0.2, 0.25) is 5.91 Å². The maximum absolute atomic E-state index is 11.9. The zero-order valence-corrected chi connectivity index (χ0v) is 13.5. The summed E-state index contributed by atoms with van der Waals surface area (Å²) in [6.45, 7) is 2.09. The minimum Gasteiger partial charge on any atom is -0.468 e. The Morgan fingerprint density at radius 1 is 1.17 bits per heavy atom. The van der Waals surface area contributed by atoms with Crippen LogP contribution in [0, 0.1) is 0 Å². The molecule has 0 unspecified atom stereocenters. The van der Waals surface area contributed by atoms with Crippen molar-refractivity contribution in [3.05, 3.63) is 54.0 Å². The van der Waals surface area contributed by atoms with Crippen LogP contribution in [0.3, 0.4) is 0 Å². The maximum Gasteiger partial charge on any atom is 0.253 e. The molecule has 0 aliphatic rings. The number of hydrogen-bond acceptors (Lipinski definition) is 4. The first-order chi connectivity index (χ1) is 11.0. The van der Waals surface area contributed by atoms with Gasteiger partial charge in [0.1, 0.15) is 5.76 Å². The first-order valence-corrected chi connectivity index (χ1v) is 7.35. The van der Waals surface area contributed by atoms with Gasteiger partial charge in [-0.25, -0.2) is 0 Å². The molecule has 1 aromatic carbocycles. The quantitative estimate of drug-likeness (QED) is 0.857. The third-order valence-electron chi connectivity index (χ3n) is 3.36. The van der Waals surface area contributed by atoms with Gasteiger partial charge in [-0.05, 0) is 43.3 Å². The van der Waals surface area contributed by atoms with Crippen molar-refractivity contribution in [3.63, 3.8) is 0 Å². The summed E-state index contributed by atoms with van der Waals surface area (Å²) in [6.07, 6.45) is 1.60. The molecule has 2 N–H and O–H groups in total. The number of rotatable bonds is 6. The van der Waals surface area contributed by atoms with Gasteiger partial charge in [0.05, 0.1) is 18.8 Å². The SMILES string of the molecule is C[C@H](NCC(=O)Nc1ccc(C(=O)N(C)C)cc1)c1ccco1. The number of furan rings is 1. The Morgan fingerprint density at radius 2 is 1.87 bits per heavy atom. The number of nitrogens with one attached hydrogen (secondary N) is 2. The van der Waals surface area contributed by atoms with Crippen LogP contribution in [-0.2, 0) is 4.79 Å². The number of hydrogen-bond donors (Lipinski definition) is 2. The van der Waals surface area contributed by atoms with Crippen molar-refractivity contribution in [2.24, 2.45) is 0 Å². The van der Waals surface area contributed by atoms with Crippen LogP contribution >= 0.6 is 0 Å². The summed E-state index contributed by atoms with van der Waals surface area (Å²) in [5, 5.41) is 5.86. The second-order valence-electron chi connectivity index (χ2n) is 5.44. The van der Waals surface area contributed by atoms with Crippen molar-refractivity contribution in [2.45, 2.75) is 13.0 Å². The van der Waals surface area contributed by atoms with E-state index < -0.39 is 0 Å². The summed E-state index contributed by atoms with van der Waals surface area (Å²) in [7, 11) is 3.40. The van der Waals surface area contributed by atoms with E-state index in [1.807, 2.05) is 19.1 Å². The van der Waals surface area contributed by atoms with Crippen molar-refractivity contribution < 1.29 is 14.0 Å². The second-order valence-corrected chi connectivity index (χ2v) is 5.44. The Bertz CT molecular complexity index is 648. The lowest BCUT2D eigenvalue weighted by molar-refractivity contribution is -0.115. The van der Waals surface area contributed by atoms with Gasteiger partial charge >= 0.3 is 0 Å². The van der Waals surface area contributed by atoms with Gasteiger partial charge < -0.3 is 14.6 Å². The zero-order chi connectivity index (χ0) is 16.8. The van der Waals surface area contributed by atoms with E-state index in [1.165, 1.54) is 4.90 Å². The van der Waals surface area contributed by atoms with E-state index in [-0.39, 0.29) is 24.4 Å². The van der Waals surface area contributed by atoms with Crippen LogP contribution in [0.2, 0.25) is 0 Å². The first kappa shape index (κ1) is 16.8. The van der Waals surface area contributed by atoms with Crippen LogP contribution in [0.1, 0.15) is 29.1 Å². The van der Waals surface area contributed by atoms with E-state index in [9.17, 15) is 9.59 Å². The standard InChI is InChI=1S/C17H21N3O3/c1-12(15-5-4-10-23-15)18-11-16(21)19-14-8-6-13(7-9-14)17(22)20(2)3/h4-10,12,18H,11H2,1-3H3,(H,19,21)/t12-/m0/s1. The first-order valence-electron chi connectivity index (χ1n) is 7.35. The van der Waals surface area contributed by atoms with E-state index in [0.717, 1.165) is 5.76 Å². The van der Waals surface area contributed by atoms with E-state index in [2.05, 4.69) is 10.6 Å². The molecule has 6 heteroatoms. The van der Waals surface area contributed by atoms with Gasteiger partial charge in [0.25, 0.3) is 5.91 Å². The molecule has 2 aromatic rings. The number of benzene rings is 1. The van der Waals surface area contributed by atoms with Crippen molar-refractivity contribution in [2.75, 3.05) is 26.0 Å². The van der Waals surface area contributed by atoms with E-state index >= 15 is 0 Å². The number of amides is 2. The molecule has 0 bridgehead atoms. The highest BCUT2D eigenvalue weighted by atomic mass is 16.3. The van der Waals surface area contributed by atoms with Gasteiger partial charge in [-0.15, -0.1) is 0 Å². The van der Waals surface area contributed by atoms with Crippen LogP contribution in [-0.4, -0.2) is 37.4 Å². The zero-order valence-electron chi connectivity index (χ0n) is 13.5. The molecule has 0 saturated carbocycles. The Hall–Kier alpha value is -2.60. The number of anilines is 1. The highest BCUT2D eigenvalue weighted by Gasteiger charge is 2.11. The van der Waals surface area contributed by atoms with Crippen LogP contribution in [0.15, 0.2) is 47.1 Å². The van der Waals surface area contributed by atoms with Gasteiger partial charge in [-0.2, -0.15) is 0 Å². The monoisotopic (exact) mass is 315 g/mol. The van der Waals surface area contributed by atoms with Crippen LogP contribution in [0.5, 0.6) is 0 Å². The third kappa shape index (κ3) is 4.69. The van der Waals surface area contributed by atoms with Gasteiger partial charge in [-0.3, -0.25) is 14.9 Å². The Kier molecular flexibility index (Phi) is 5.54. The van der Waals surface area contributed by atoms with E-state index in [0.29, 0.717) is 11.3 Å². The summed E-state index contributed by atoms with van der Waals surface area (Å²) in [5.41, 5.74) is 1.23. The smallest absolute Gasteiger partial charge is 0.253 e. The molecule has 0 radical (unpaired) electrons. The largest absolute Gasteiger partial charge is 0.468 e. The van der Waals surface area contributed by atoms with Crippen molar-refractivity contribution in [1.82, 2.24) is 10.2 Å². The van der Waals surface area contributed by atoms with E-state index in [1.54, 1.807) is 44.6 Å². The normalized spacial score (nSPS) is 11.8. The summed E-state index contributed by atoms with van der Waals surface area (Å²) in [5.74, 6) is 0.552. The number of carbonyl (C=O) groups is 2. The minimum absolute atomic E-state index is 0.0455. The highest BCUT2D eigenvalue weighted by molar-refractivity contribution is 5.95. The lowest BCUT2D eigenvalue weighted by Crippen LogP contribution is -2.30. The highest BCUT2D eigenvalue weighted by Crippen LogP contribution is 2.13. The Balaban J connectivity index is 1.84. The molecule has 122 valence electrons. The molecule has 1 aromatic heterocycles. The summed E-state index contributed by atoms with van der Waals surface area (Å²) >= 11 is 0. The molecular weight excluding hydrogens is 294 g/mol. The van der Waals surface area contributed by atoms with Crippen molar-refractivity contribution >= 4 is 17.5 Å². The Morgan fingerprint density at radius 3 is 2.43 bits per heavy atom. The molecule has 6 nitrogen and oxygen atoms in total. The maximum atomic E-state index is 11.9. The molecule has 0 spiro atoms. The van der Waals surface area contributed by atoms with Gasteiger partial charge in [0.15, 0.2) is 0 Å². The summed E-state index contributed by atoms with van der Waals surface area (Å²) in [6, 6.07) is 10.4. The third-order valence-corrected chi connectivity index (χ3v) is 3.36. The molecule has 1 heterocycles. The average molecular weight is 315 g/mol. The average Bonchev–Trinajstić information content (AvgIpc) is 3.07. The second kappa shape index (κ2) is 7.60. The molecule has 0 aliphatic heterocycles. The van der Waals surface area contributed by atoms with Crippen LogP contribution in [0.4, 0.5) is 5.69 Å². The minimum atomic E-state index is -0.157. The van der Waals surface area contributed by atoms with Gasteiger partial charge in [0, 0.05) is 25.3 Å². The molecule has 0 aliphatic carbocycles. The molecule has 2 rings (SSSR count). The fourth-order valence-corrected chi connectivity index (χ4v) is 2.04. The van der Waals surface area contributed by atoms with Crippen molar-refractivity contribution in [3.8, 4) is 0 Å². The number of carbonyl (C=O) groups excluding carboxylic acids is 2. The number of nitrogens with zero attached hydrogens (tertiary/aromatic N) is 1. The molecule has 23 heavy (non-hydrogen) atoms. The summed E-state index contributed by atoms with van der Waals surface area (Å²) < 4.78 is 5.27. The van der Waals surface area contributed by atoms with Crippen LogP contribution < -0.4 is 10.6 Å².